The standard InChI is InChI=1S/C21H21ClN6O3/c1-15-20(23-24-27(15)18-3-2-4-19(13-18)28(30)31)21(29)26-11-9-25(10-12-26)14-16-5-7-17(22)8-6-16/h2-8,13H,9-12,14H2,1H3. The van der Waals surface area contributed by atoms with Crippen LogP contribution >= 0.6 is 11.6 Å². The van der Waals surface area contributed by atoms with Gasteiger partial charge in [0.2, 0.25) is 0 Å². The first kappa shape index (κ1) is 21.0. The molecule has 1 aliphatic rings. The minimum atomic E-state index is -0.467. The number of carbonyl (C=O) groups excluding carboxylic acids is 1. The molecule has 1 aliphatic heterocycles. The van der Waals surface area contributed by atoms with Gasteiger partial charge < -0.3 is 4.90 Å². The van der Waals surface area contributed by atoms with Crippen LogP contribution in [0.15, 0.2) is 48.5 Å². The summed E-state index contributed by atoms with van der Waals surface area (Å²) in [5.41, 5.74) is 2.44. The minimum absolute atomic E-state index is 0.0444. The Hall–Kier alpha value is -3.30. The molecule has 31 heavy (non-hydrogen) atoms. The molecule has 0 atom stereocenters. The van der Waals surface area contributed by atoms with Gasteiger partial charge in [0.15, 0.2) is 5.69 Å². The molecule has 2 aromatic carbocycles. The number of non-ortho nitro benzene ring substituents is 1. The molecule has 160 valence electrons. The van der Waals surface area contributed by atoms with E-state index < -0.39 is 4.92 Å². The van der Waals surface area contributed by atoms with E-state index in [0.717, 1.165) is 19.6 Å². The lowest BCUT2D eigenvalue weighted by Gasteiger charge is -2.34. The monoisotopic (exact) mass is 440 g/mol. The van der Waals surface area contributed by atoms with Crippen molar-refractivity contribution in [1.29, 1.82) is 0 Å². The Balaban J connectivity index is 1.42. The predicted molar refractivity (Wildman–Crippen MR) is 115 cm³/mol. The molecule has 0 unspecified atom stereocenters. The van der Waals surface area contributed by atoms with Crippen molar-refractivity contribution in [2.75, 3.05) is 26.2 Å². The molecule has 10 heteroatoms. The molecule has 0 radical (unpaired) electrons. The number of aromatic nitrogens is 3. The summed E-state index contributed by atoms with van der Waals surface area (Å²) < 4.78 is 1.46. The van der Waals surface area contributed by atoms with Crippen LogP contribution in [0.4, 0.5) is 5.69 Å². The van der Waals surface area contributed by atoms with E-state index >= 15 is 0 Å². The molecule has 1 fully saturated rings. The number of halogens is 1. The maximum Gasteiger partial charge on any atom is 0.276 e. The Bertz CT molecular complexity index is 1110. The van der Waals surface area contributed by atoms with E-state index in [2.05, 4.69) is 15.2 Å². The van der Waals surface area contributed by atoms with Gasteiger partial charge in [-0.3, -0.25) is 19.8 Å². The van der Waals surface area contributed by atoms with Crippen LogP contribution in [-0.4, -0.2) is 61.8 Å². The number of nitro groups is 1. The highest BCUT2D eigenvalue weighted by Gasteiger charge is 2.26. The molecule has 0 bridgehead atoms. The number of benzene rings is 2. The lowest BCUT2D eigenvalue weighted by atomic mass is 10.2. The van der Waals surface area contributed by atoms with E-state index in [4.69, 9.17) is 11.6 Å². The van der Waals surface area contributed by atoms with Gasteiger partial charge in [-0.1, -0.05) is 35.0 Å². The minimum Gasteiger partial charge on any atom is -0.335 e. The second kappa shape index (κ2) is 8.83. The summed E-state index contributed by atoms with van der Waals surface area (Å²) in [5.74, 6) is -0.180. The molecule has 0 saturated carbocycles. The number of hydrogen-bond acceptors (Lipinski definition) is 6. The van der Waals surface area contributed by atoms with Crippen LogP contribution in [0, 0.1) is 17.0 Å². The van der Waals surface area contributed by atoms with Gasteiger partial charge in [-0.05, 0) is 30.7 Å². The van der Waals surface area contributed by atoms with Gasteiger partial charge in [0.1, 0.15) is 0 Å². The van der Waals surface area contributed by atoms with Crippen molar-refractivity contribution < 1.29 is 9.72 Å². The lowest BCUT2D eigenvalue weighted by molar-refractivity contribution is -0.384. The highest BCUT2D eigenvalue weighted by molar-refractivity contribution is 6.30. The maximum absolute atomic E-state index is 13.0. The summed E-state index contributed by atoms with van der Waals surface area (Å²) in [6, 6.07) is 13.9. The zero-order chi connectivity index (χ0) is 22.0. The molecule has 1 aromatic heterocycles. The van der Waals surface area contributed by atoms with Crippen LogP contribution in [0.25, 0.3) is 5.69 Å². The highest BCUT2D eigenvalue weighted by atomic mass is 35.5. The molecule has 0 spiro atoms. The largest absolute Gasteiger partial charge is 0.335 e. The number of nitrogens with zero attached hydrogens (tertiary/aromatic N) is 6. The average Bonchev–Trinajstić information content (AvgIpc) is 3.16. The second-order valence-electron chi connectivity index (χ2n) is 7.41. The van der Waals surface area contributed by atoms with Gasteiger partial charge in [-0.25, -0.2) is 4.68 Å². The molecule has 0 N–H and O–H groups in total. The summed E-state index contributed by atoms with van der Waals surface area (Å²) in [4.78, 5) is 27.6. The summed E-state index contributed by atoms with van der Waals surface area (Å²) in [6.07, 6.45) is 0. The molecule has 9 nitrogen and oxygen atoms in total. The van der Waals surface area contributed by atoms with Crippen molar-refractivity contribution in [3.63, 3.8) is 0 Å². The molecular weight excluding hydrogens is 420 g/mol. The van der Waals surface area contributed by atoms with Crippen LogP contribution in [-0.2, 0) is 6.54 Å². The Morgan fingerprint density at radius 3 is 2.52 bits per heavy atom. The highest BCUT2D eigenvalue weighted by Crippen LogP contribution is 2.20. The molecule has 3 aromatic rings. The van der Waals surface area contributed by atoms with E-state index in [-0.39, 0.29) is 17.3 Å². The topological polar surface area (TPSA) is 97.4 Å². The summed E-state index contributed by atoms with van der Waals surface area (Å²) in [6.45, 7) is 5.24. The number of rotatable bonds is 5. The quantitative estimate of drug-likeness (QED) is 0.446. The second-order valence-corrected chi connectivity index (χ2v) is 7.84. The third kappa shape index (κ3) is 4.57. The molecule has 2 heterocycles. The van der Waals surface area contributed by atoms with Crippen LogP contribution in [0.3, 0.4) is 0 Å². The van der Waals surface area contributed by atoms with E-state index in [0.29, 0.717) is 29.5 Å². The van der Waals surface area contributed by atoms with Crippen LogP contribution in [0.2, 0.25) is 5.02 Å². The fourth-order valence-electron chi connectivity index (χ4n) is 3.62. The Kier molecular flexibility index (Phi) is 5.97. The summed E-state index contributed by atoms with van der Waals surface area (Å²) >= 11 is 5.94. The first-order valence-electron chi connectivity index (χ1n) is 9.85. The number of hydrogen-bond donors (Lipinski definition) is 0. The van der Waals surface area contributed by atoms with Gasteiger partial charge in [0, 0.05) is 49.9 Å². The summed E-state index contributed by atoms with van der Waals surface area (Å²) in [7, 11) is 0. The Labute approximate surface area is 184 Å². The SMILES string of the molecule is Cc1c(C(=O)N2CCN(Cc3ccc(Cl)cc3)CC2)nnn1-c1cccc([N+](=O)[O-])c1. The van der Waals surface area contributed by atoms with Crippen LogP contribution in [0.5, 0.6) is 0 Å². The van der Waals surface area contributed by atoms with E-state index in [1.54, 1.807) is 24.0 Å². The van der Waals surface area contributed by atoms with Crippen molar-refractivity contribution in [2.45, 2.75) is 13.5 Å². The average molecular weight is 441 g/mol. The molecule has 4 rings (SSSR count). The van der Waals surface area contributed by atoms with Gasteiger partial charge in [-0.15, -0.1) is 5.10 Å². The third-order valence-electron chi connectivity index (χ3n) is 5.36. The number of nitro benzene ring substituents is 1. The zero-order valence-electron chi connectivity index (χ0n) is 16.9. The number of piperazine rings is 1. The third-order valence-corrected chi connectivity index (χ3v) is 5.61. The number of carbonyl (C=O) groups is 1. The Morgan fingerprint density at radius 1 is 1.13 bits per heavy atom. The van der Waals surface area contributed by atoms with Crippen molar-refractivity contribution in [1.82, 2.24) is 24.8 Å². The van der Waals surface area contributed by atoms with E-state index in [1.165, 1.54) is 22.4 Å². The fraction of sp³-hybridized carbons (Fsp3) is 0.286. The molecule has 1 amide bonds. The molecule has 1 saturated heterocycles. The van der Waals surface area contributed by atoms with Crippen molar-refractivity contribution >= 4 is 23.2 Å². The predicted octanol–water partition coefficient (Wildman–Crippen LogP) is 3.10. The molecular formula is C21H21ClN6O3. The van der Waals surface area contributed by atoms with Crippen LogP contribution in [0.1, 0.15) is 21.7 Å². The normalized spacial score (nSPS) is 14.6. The Morgan fingerprint density at radius 2 is 1.84 bits per heavy atom. The van der Waals surface area contributed by atoms with Crippen molar-refractivity contribution in [3.8, 4) is 5.69 Å². The van der Waals surface area contributed by atoms with Crippen molar-refractivity contribution in [3.05, 3.63) is 80.6 Å². The lowest BCUT2D eigenvalue weighted by Crippen LogP contribution is -2.48. The fourth-order valence-corrected chi connectivity index (χ4v) is 3.74. The van der Waals surface area contributed by atoms with E-state index in [1.807, 2.05) is 24.3 Å². The van der Waals surface area contributed by atoms with Crippen molar-refractivity contribution in [2.24, 2.45) is 0 Å². The van der Waals surface area contributed by atoms with Gasteiger partial charge in [0.05, 0.1) is 16.3 Å². The summed E-state index contributed by atoms with van der Waals surface area (Å²) in [5, 5.41) is 19.9. The first-order chi connectivity index (χ1) is 14.9. The van der Waals surface area contributed by atoms with E-state index in [9.17, 15) is 14.9 Å². The van der Waals surface area contributed by atoms with Crippen LogP contribution < -0.4 is 0 Å². The zero-order valence-corrected chi connectivity index (χ0v) is 17.7. The maximum atomic E-state index is 13.0. The first-order valence-corrected chi connectivity index (χ1v) is 10.2. The van der Waals surface area contributed by atoms with Gasteiger partial charge in [0.25, 0.3) is 11.6 Å². The van der Waals surface area contributed by atoms with Gasteiger partial charge >= 0.3 is 0 Å². The molecule has 0 aliphatic carbocycles. The smallest absolute Gasteiger partial charge is 0.276 e. The number of amides is 1. The van der Waals surface area contributed by atoms with Gasteiger partial charge in [-0.2, -0.15) is 0 Å².